The number of carbonyl (C=O) groups is 1. The van der Waals surface area contributed by atoms with Crippen LogP contribution >= 0.6 is 0 Å². The van der Waals surface area contributed by atoms with E-state index in [9.17, 15) is 4.79 Å². The summed E-state index contributed by atoms with van der Waals surface area (Å²) >= 11 is 0. The van der Waals surface area contributed by atoms with E-state index in [1.54, 1.807) is 0 Å². The molecule has 0 aromatic rings. The van der Waals surface area contributed by atoms with Gasteiger partial charge in [0.1, 0.15) is 0 Å². The van der Waals surface area contributed by atoms with Gasteiger partial charge in [0.25, 0.3) is 0 Å². The van der Waals surface area contributed by atoms with Crippen molar-refractivity contribution < 1.29 is 9.53 Å². The molecular weight excluding hydrogens is 152 g/mol. The SMILES string of the molecule is C=CC(=O)OC.CCCCCC. The molecule has 0 amide bonds. The number of carbonyl (C=O) groups excluding carboxylic acids is 1. The molecule has 0 rings (SSSR count). The van der Waals surface area contributed by atoms with Gasteiger partial charge in [-0.25, -0.2) is 4.79 Å². The Labute approximate surface area is 75.6 Å². The second-order valence-electron chi connectivity index (χ2n) is 2.43. The third-order valence-electron chi connectivity index (χ3n) is 1.32. The summed E-state index contributed by atoms with van der Waals surface area (Å²) in [5.74, 6) is -0.394. The monoisotopic (exact) mass is 172 g/mol. The molecular formula is C10H20O2. The van der Waals surface area contributed by atoms with Gasteiger partial charge in [-0.2, -0.15) is 0 Å². The summed E-state index contributed by atoms with van der Waals surface area (Å²) in [6.07, 6.45) is 6.65. The van der Waals surface area contributed by atoms with Crippen molar-refractivity contribution in [2.75, 3.05) is 7.11 Å². The molecule has 0 aromatic heterocycles. The summed E-state index contributed by atoms with van der Waals surface area (Å²) in [6, 6.07) is 0. The van der Waals surface area contributed by atoms with Crippen LogP contribution in [0.15, 0.2) is 12.7 Å². The van der Waals surface area contributed by atoms with Crippen molar-refractivity contribution in [2.24, 2.45) is 0 Å². The molecule has 0 bridgehead atoms. The minimum atomic E-state index is -0.394. The van der Waals surface area contributed by atoms with Gasteiger partial charge in [0.15, 0.2) is 0 Å². The van der Waals surface area contributed by atoms with E-state index in [0.717, 1.165) is 6.08 Å². The van der Waals surface area contributed by atoms with Crippen molar-refractivity contribution in [3.05, 3.63) is 12.7 Å². The highest BCUT2D eigenvalue weighted by Crippen LogP contribution is 1.95. The van der Waals surface area contributed by atoms with Crippen LogP contribution in [0, 0.1) is 0 Å². The van der Waals surface area contributed by atoms with Crippen molar-refractivity contribution in [3.8, 4) is 0 Å². The minimum Gasteiger partial charge on any atom is -0.466 e. The van der Waals surface area contributed by atoms with Crippen LogP contribution in [-0.4, -0.2) is 13.1 Å². The second kappa shape index (κ2) is 12.8. The lowest BCUT2D eigenvalue weighted by atomic mass is 10.2. The van der Waals surface area contributed by atoms with Crippen molar-refractivity contribution in [3.63, 3.8) is 0 Å². The zero-order chi connectivity index (χ0) is 9.82. The van der Waals surface area contributed by atoms with Gasteiger partial charge in [-0.3, -0.25) is 0 Å². The first-order chi connectivity index (χ1) is 5.72. The molecule has 0 aliphatic heterocycles. The van der Waals surface area contributed by atoms with Crippen LogP contribution in [0.2, 0.25) is 0 Å². The largest absolute Gasteiger partial charge is 0.466 e. The highest BCUT2D eigenvalue weighted by Gasteiger charge is 1.81. The third-order valence-corrected chi connectivity index (χ3v) is 1.32. The number of hydrogen-bond donors (Lipinski definition) is 0. The molecule has 0 saturated heterocycles. The lowest BCUT2D eigenvalue weighted by Gasteiger charge is -1.86. The summed E-state index contributed by atoms with van der Waals surface area (Å²) in [4.78, 5) is 9.84. The lowest BCUT2D eigenvalue weighted by Crippen LogP contribution is -1.91. The Balaban J connectivity index is 0. The molecule has 0 saturated carbocycles. The molecule has 12 heavy (non-hydrogen) atoms. The Hall–Kier alpha value is -0.790. The zero-order valence-electron chi connectivity index (χ0n) is 8.43. The smallest absolute Gasteiger partial charge is 0.329 e. The molecule has 0 fully saturated rings. The molecule has 72 valence electrons. The number of unbranched alkanes of at least 4 members (excludes halogenated alkanes) is 3. The lowest BCUT2D eigenvalue weighted by molar-refractivity contribution is -0.134. The molecule has 0 heterocycles. The number of rotatable bonds is 4. The van der Waals surface area contributed by atoms with Crippen molar-refractivity contribution in [1.29, 1.82) is 0 Å². The Morgan fingerprint density at radius 2 is 1.75 bits per heavy atom. The highest BCUT2D eigenvalue weighted by atomic mass is 16.5. The minimum absolute atomic E-state index is 0.394. The van der Waals surface area contributed by atoms with E-state index >= 15 is 0 Å². The summed E-state index contributed by atoms with van der Waals surface area (Å²) in [6.45, 7) is 7.62. The van der Waals surface area contributed by atoms with E-state index in [4.69, 9.17) is 0 Å². The summed E-state index contributed by atoms with van der Waals surface area (Å²) in [5.41, 5.74) is 0. The van der Waals surface area contributed by atoms with Crippen LogP contribution < -0.4 is 0 Å². The molecule has 0 aromatic carbocycles. The zero-order valence-corrected chi connectivity index (χ0v) is 8.43. The van der Waals surface area contributed by atoms with Gasteiger partial charge in [0, 0.05) is 6.08 Å². The molecule has 0 aliphatic carbocycles. The average Bonchev–Trinajstić information content (AvgIpc) is 2.14. The van der Waals surface area contributed by atoms with Crippen LogP contribution in [0.1, 0.15) is 39.5 Å². The van der Waals surface area contributed by atoms with E-state index in [1.165, 1.54) is 32.8 Å². The maximum absolute atomic E-state index is 9.84. The van der Waals surface area contributed by atoms with Crippen LogP contribution in [0.5, 0.6) is 0 Å². The molecule has 0 radical (unpaired) electrons. The van der Waals surface area contributed by atoms with E-state index < -0.39 is 5.97 Å². The Morgan fingerprint density at radius 3 is 1.83 bits per heavy atom. The second-order valence-corrected chi connectivity index (χ2v) is 2.43. The first-order valence-corrected chi connectivity index (χ1v) is 4.43. The predicted octanol–water partition coefficient (Wildman–Crippen LogP) is 2.93. The average molecular weight is 172 g/mol. The summed E-state index contributed by atoms with van der Waals surface area (Å²) in [5, 5.41) is 0. The van der Waals surface area contributed by atoms with E-state index in [0.29, 0.717) is 0 Å². The van der Waals surface area contributed by atoms with Gasteiger partial charge in [-0.1, -0.05) is 46.1 Å². The Morgan fingerprint density at radius 1 is 1.33 bits per heavy atom. The molecule has 0 N–H and O–H groups in total. The van der Waals surface area contributed by atoms with Gasteiger partial charge in [0.05, 0.1) is 7.11 Å². The Kier molecular flexibility index (Phi) is 14.8. The van der Waals surface area contributed by atoms with Gasteiger partial charge in [-0.05, 0) is 0 Å². The van der Waals surface area contributed by atoms with Crippen molar-refractivity contribution in [1.82, 2.24) is 0 Å². The summed E-state index contributed by atoms with van der Waals surface area (Å²) in [7, 11) is 1.31. The number of hydrogen-bond acceptors (Lipinski definition) is 2. The van der Waals surface area contributed by atoms with E-state index in [2.05, 4.69) is 25.2 Å². The van der Waals surface area contributed by atoms with E-state index in [-0.39, 0.29) is 0 Å². The van der Waals surface area contributed by atoms with Crippen molar-refractivity contribution in [2.45, 2.75) is 39.5 Å². The molecule has 2 heteroatoms. The van der Waals surface area contributed by atoms with Crippen LogP contribution in [0.3, 0.4) is 0 Å². The van der Waals surface area contributed by atoms with Crippen LogP contribution in [-0.2, 0) is 9.53 Å². The topological polar surface area (TPSA) is 26.3 Å². The molecule has 2 nitrogen and oxygen atoms in total. The molecule has 0 unspecified atom stereocenters. The highest BCUT2D eigenvalue weighted by molar-refractivity contribution is 5.80. The number of ether oxygens (including phenoxy) is 1. The third kappa shape index (κ3) is 16.1. The first kappa shape index (κ1) is 13.8. The first-order valence-electron chi connectivity index (χ1n) is 4.43. The normalized spacial score (nSPS) is 7.92. The summed E-state index contributed by atoms with van der Waals surface area (Å²) < 4.78 is 4.14. The molecule has 0 aliphatic rings. The number of methoxy groups -OCH3 is 1. The number of esters is 1. The maximum Gasteiger partial charge on any atom is 0.329 e. The van der Waals surface area contributed by atoms with Crippen LogP contribution in [0.25, 0.3) is 0 Å². The fraction of sp³-hybridized carbons (Fsp3) is 0.700. The fourth-order valence-corrected chi connectivity index (χ4v) is 0.583. The molecule has 0 spiro atoms. The van der Waals surface area contributed by atoms with Gasteiger partial charge in [0.2, 0.25) is 0 Å². The maximum atomic E-state index is 9.84. The van der Waals surface area contributed by atoms with Gasteiger partial charge < -0.3 is 4.74 Å². The predicted molar refractivity (Wildman–Crippen MR) is 52.0 cm³/mol. The quantitative estimate of drug-likeness (QED) is 0.370. The van der Waals surface area contributed by atoms with E-state index in [1.807, 2.05) is 0 Å². The standard InChI is InChI=1S/C6H14.C4H6O2/c1-3-5-6-4-2;1-3-4(5)6-2/h3-6H2,1-2H3;3H,1H2,2H3. The Bertz CT molecular complexity index is 104. The van der Waals surface area contributed by atoms with Gasteiger partial charge in [-0.15, -0.1) is 0 Å². The van der Waals surface area contributed by atoms with Gasteiger partial charge >= 0.3 is 5.97 Å². The van der Waals surface area contributed by atoms with Crippen LogP contribution in [0.4, 0.5) is 0 Å². The molecule has 0 atom stereocenters. The fourth-order valence-electron chi connectivity index (χ4n) is 0.583. The van der Waals surface area contributed by atoms with Crippen molar-refractivity contribution >= 4 is 5.97 Å².